The van der Waals surface area contributed by atoms with Gasteiger partial charge in [-0.3, -0.25) is 4.90 Å². The number of methoxy groups -OCH3 is 1. The molecular weight excluding hydrogens is 222 g/mol. The van der Waals surface area contributed by atoms with Crippen molar-refractivity contribution in [2.24, 2.45) is 0 Å². The van der Waals surface area contributed by atoms with Crippen molar-refractivity contribution in [3.63, 3.8) is 0 Å². The van der Waals surface area contributed by atoms with Gasteiger partial charge in [0.2, 0.25) is 0 Å². The molecule has 3 heteroatoms. The molecule has 0 N–H and O–H groups in total. The maximum atomic E-state index is 5.76. The van der Waals surface area contributed by atoms with Crippen LogP contribution in [-0.2, 0) is 6.54 Å². The van der Waals surface area contributed by atoms with Gasteiger partial charge >= 0.3 is 0 Å². The summed E-state index contributed by atoms with van der Waals surface area (Å²) in [5, 5.41) is 0. The zero-order valence-electron chi connectivity index (χ0n) is 10.5. The van der Waals surface area contributed by atoms with Gasteiger partial charge in [-0.15, -0.1) is 11.6 Å². The Balaban J connectivity index is 2.93. The third kappa shape index (κ3) is 3.39. The molecule has 0 fully saturated rings. The highest BCUT2D eigenvalue weighted by Gasteiger charge is 2.08. The van der Waals surface area contributed by atoms with Crippen LogP contribution in [0.25, 0.3) is 0 Å². The number of rotatable bonds is 5. The van der Waals surface area contributed by atoms with Crippen molar-refractivity contribution in [3.05, 3.63) is 29.3 Å². The van der Waals surface area contributed by atoms with Crippen molar-refractivity contribution in [1.82, 2.24) is 4.90 Å². The Morgan fingerprint density at radius 2 is 2.06 bits per heavy atom. The molecule has 0 aliphatic rings. The molecule has 0 aromatic heterocycles. The van der Waals surface area contributed by atoms with E-state index in [2.05, 4.69) is 32.0 Å². The van der Waals surface area contributed by atoms with Crippen molar-refractivity contribution >= 4 is 11.6 Å². The molecule has 1 aromatic rings. The van der Waals surface area contributed by atoms with Gasteiger partial charge < -0.3 is 4.74 Å². The van der Waals surface area contributed by atoms with Crippen LogP contribution in [0.5, 0.6) is 5.75 Å². The molecule has 0 atom stereocenters. The molecule has 90 valence electrons. The number of alkyl halides is 1. The lowest BCUT2D eigenvalue weighted by Gasteiger charge is -2.17. The van der Waals surface area contributed by atoms with Crippen LogP contribution in [0.2, 0.25) is 0 Å². The van der Waals surface area contributed by atoms with Crippen molar-refractivity contribution in [2.45, 2.75) is 26.3 Å². The lowest BCUT2D eigenvalue weighted by atomic mass is 10.0. The third-order valence-electron chi connectivity index (χ3n) is 2.62. The fraction of sp³-hybridized carbons (Fsp3) is 0.538. The average Bonchev–Trinajstić information content (AvgIpc) is 2.29. The van der Waals surface area contributed by atoms with E-state index in [9.17, 15) is 0 Å². The van der Waals surface area contributed by atoms with Crippen LogP contribution in [0, 0.1) is 0 Å². The molecule has 1 aromatic carbocycles. The average molecular weight is 242 g/mol. The molecule has 0 heterocycles. The van der Waals surface area contributed by atoms with Gasteiger partial charge in [0.05, 0.1) is 13.1 Å². The van der Waals surface area contributed by atoms with E-state index in [1.165, 1.54) is 11.1 Å². The lowest BCUT2D eigenvalue weighted by molar-refractivity contribution is 0.360. The highest BCUT2D eigenvalue weighted by molar-refractivity contribution is 6.17. The fourth-order valence-corrected chi connectivity index (χ4v) is 1.67. The zero-order chi connectivity index (χ0) is 12.1. The van der Waals surface area contributed by atoms with Crippen LogP contribution in [0.15, 0.2) is 18.2 Å². The van der Waals surface area contributed by atoms with Gasteiger partial charge in [-0.1, -0.05) is 26.0 Å². The highest BCUT2D eigenvalue weighted by atomic mass is 35.5. The van der Waals surface area contributed by atoms with E-state index in [0.29, 0.717) is 11.9 Å². The molecule has 16 heavy (non-hydrogen) atoms. The Bertz CT molecular complexity index is 339. The monoisotopic (exact) mass is 241 g/mol. The summed E-state index contributed by atoms with van der Waals surface area (Å²) in [6.07, 6.45) is 0. The van der Waals surface area contributed by atoms with E-state index in [1.807, 2.05) is 11.9 Å². The Labute approximate surface area is 103 Å². The molecular formula is C13H20ClNO. The summed E-state index contributed by atoms with van der Waals surface area (Å²) in [6, 6.07) is 6.92. The van der Waals surface area contributed by atoms with Gasteiger partial charge in [0.1, 0.15) is 5.75 Å². The van der Waals surface area contributed by atoms with Gasteiger partial charge in [0.15, 0.2) is 0 Å². The molecule has 0 saturated carbocycles. The predicted octanol–water partition coefficient (Wildman–Crippen LogP) is 3.45. The van der Waals surface area contributed by atoms with Crippen molar-refractivity contribution in [2.75, 3.05) is 20.2 Å². The number of hydrogen-bond acceptors (Lipinski definition) is 2. The molecule has 0 spiro atoms. The summed E-state index contributed by atoms with van der Waals surface area (Å²) >= 11 is 5.76. The minimum atomic E-state index is 0.522. The number of hydrogen-bond donors (Lipinski definition) is 0. The number of halogens is 1. The maximum Gasteiger partial charge on any atom is 0.123 e. The van der Waals surface area contributed by atoms with Crippen molar-refractivity contribution in [1.29, 1.82) is 0 Å². The summed E-state index contributed by atoms with van der Waals surface area (Å²) in [5.74, 6) is 1.47. The van der Waals surface area contributed by atoms with Crippen LogP contribution in [0.1, 0.15) is 30.9 Å². The Kier molecular flexibility index (Phi) is 5.10. The van der Waals surface area contributed by atoms with Crippen LogP contribution in [0.4, 0.5) is 0 Å². The third-order valence-corrected chi connectivity index (χ3v) is 3.03. The van der Waals surface area contributed by atoms with Gasteiger partial charge in [-0.2, -0.15) is 0 Å². The fourth-order valence-electron chi connectivity index (χ4n) is 1.58. The quantitative estimate of drug-likeness (QED) is 0.578. The highest BCUT2D eigenvalue weighted by Crippen LogP contribution is 2.25. The smallest absolute Gasteiger partial charge is 0.123 e. The van der Waals surface area contributed by atoms with Crippen LogP contribution in [0.3, 0.4) is 0 Å². The van der Waals surface area contributed by atoms with E-state index in [-0.39, 0.29) is 0 Å². The van der Waals surface area contributed by atoms with Crippen molar-refractivity contribution < 1.29 is 4.74 Å². The zero-order valence-corrected chi connectivity index (χ0v) is 11.2. The second-order valence-electron chi connectivity index (χ2n) is 4.36. The molecule has 1 rings (SSSR count). The van der Waals surface area contributed by atoms with E-state index in [0.717, 1.165) is 12.3 Å². The molecule has 0 unspecified atom stereocenters. The minimum absolute atomic E-state index is 0.522. The molecule has 0 saturated heterocycles. The Morgan fingerprint density at radius 1 is 1.38 bits per heavy atom. The molecule has 0 aliphatic heterocycles. The van der Waals surface area contributed by atoms with E-state index < -0.39 is 0 Å². The predicted molar refractivity (Wildman–Crippen MR) is 69.3 cm³/mol. The topological polar surface area (TPSA) is 12.5 Å². The summed E-state index contributed by atoms with van der Waals surface area (Å²) in [7, 11) is 3.70. The normalized spacial score (nSPS) is 11.2. The first-order chi connectivity index (χ1) is 7.58. The molecule has 2 nitrogen and oxygen atoms in total. The van der Waals surface area contributed by atoms with E-state index in [1.54, 1.807) is 7.11 Å². The van der Waals surface area contributed by atoms with Crippen molar-refractivity contribution in [3.8, 4) is 5.75 Å². The molecule has 0 radical (unpaired) electrons. The van der Waals surface area contributed by atoms with E-state index in [4.69, 9.17) is 16.3 Å². The second-order valence-corrected chi connectivity index (χ2v) is 4.60. The number of nitrogens with zero attached hydrogens (tertiary/aromatic N) is 1. The molecule has 0 bridgehead atoms. The largest absolute Gasteiger partial charge is 0.496 e. The van der Waals surface area contributed by atoms with Crippen LogP contribution in [-0.4, -0.2) is 25.1 Å². The van der Waals surface area contributed by atoms with Gasteiger partial charge in [0.25, 0.3) is 0 Å². The Hall–Kier alpha value is -0.730. The summed E-state index contributed by atoms with van der Waals surface area (Å²) in [6.45, 7) is 5.17. The van der Waals surface area contributed by atoms with Gasteiger partial charge in [-0.25, -0.2) is 0 Å². The standard InChI is InChI=1S/C13H20ClNO/c1-10(2)11-5-6-12(8-15(3)9-14)13(7-11)16-4/h5-7,10H,8-9H2,1-4H3. The van der Waals surface area contributed by atoms with Gasteiger partial charge in [0, 0.05) is 12.1 Å². The first-order valence-corrected chi connectivity index (χ1v) is 6.03. The second kappa shape index (κ2) is 6.12. The summed E-state index contributed by atoms with van der Waals surface area (Å²) < 4.78 is 5.41. The minimum Gasteiger partial charge on any atom is -0.496 e. The number of ether oxygens (including phenoxy) is 1. The van der Waals surface area contributed by atoms with Crippen LogP contribution < -0.4 is 4.74 Å². The van der Waals surface area contributed by atoms with E-state index >= 15 is 0 Å². The first kappa shape index (κ1) is 13.3. The first-order valence-electron chi connectivity index (χ1n) is 5.49. The van der Waals surface area contributed by atoms with Gasteiger partial charge in [-0.05, 0) is 24.6 Å². The number of benzene rings is 1. The summed E-state index contributed by atoms with van der Waals surface area (Å²) in [4.78, 5) is 2.04. The Morgan fingerprint density at radius 3 is 2.56 bits per heavy atom. The molecule has 0 amide bonds. The molecule has 0 aliphatic carbocycles. The SMILES string of the molecule is COc1cc(C(C)C)ccc1CN(C)CCl. The maximum absolute atomic E-state index is 5.76. The lowest BCUT2D eigenvalue weighted by Crippen LogP contribution is -2.16. The van der Waals surface area contributed by atoms with Crippen LogP contribution >= 0.6 is 11.6 Å². The summed E-state index contributed by atoms with van der Waals surface area (Å²) in [5.41, 5.74) is 2.48.